The van der Waals surface area contributed by atoms with E-state index in [-0.39, 0.29) is 52.7 Å². The van der Waals surface area contributed by atoms with Gasteiger partial charge >= 0.3 is 0 Å². The van der Waals surface area contributed by atoms with Gasteiger partial charge in [0, 0.05) is 24.3 Å². The molecule has 1 aromatic rings. The van der Waals surface area contributed by atoms with Gasteiger partial charge in [-0.25, -0.2) is 0 Å². The van der Waals surface area contributed by atoms with Crippen LogP contribution >= 0.6 is 0 Å². The number of carbonyl (C=O) groups is 1. The lowest BCUT2D eigenvalue weighted by molar-refractivity contribution is -0.109. The second kappa shape index (κ2) is 14.7. The van der Waals surface area contributed by atoms with E-state index in [1.807, 2.05) is 13.0 Å². The molecule has 0 fully saturated rings. The van der Waals surface area contributed by atoms with Gasteiger partial charge in [0.1, 0.15) is 29.5 Å². The Kier molecular flexibility index (Phi) is 12.3. The summed E-state index contributed by atoms with van der Waals surface area (Å²) in [6.45, 7) is 20.9. The molecule has 2 unspecified atom stereocenters. The molecule has 1 aromatic heterocycles. The van der Waals surface area contributed by atoms with E-state index in [2.05, 4.69) is 33.2 Å². The molecule has 0 aliphatic rings. The molecule has 0 bridgehead atoms. The summed E-state index contributed by atoms with van der Waals surface area (Å²) < 4.78 is 17.1. The number of allylic oxidation sites excluding steroid dienone is 8. The number of ketones is 1. The average Bonchev–Trinajstić information content (AvgIpc) is 2.83. The van der Waals surface area contributed by atoms with E-state index in [1.54, 1.807) is 38.3 Å². The molecule has 0 aliphatic heterocycles. The van der Waals surface area contributed by atoms with Crippen molar-refractivity contribution in [3.63, 3.8) is 0 Å². The smallest absolute Gasteiger partial charge is 0.193 e. The molecule has 0 amide bonds. The summed E-state index contributed by atoms with van der Waals surface area (Å²) in [5, 5.41) is 0. The first-order valence-electron chi connectivity index (χ1n) is 11.2. The molecule has 5 nitrogen and oxygen atoms in total. The Morgan fingerprint density at radius 2 is 1.94 bits per heavy atom. The highest BCUT2D eigenvalue weighted by Crippen LogP contribution is 2.26. The van der Waals surface area contributed by atoms with E-state index in [1.165, 1.54) is 18.2 Å². The molecule has 182 valence electrons. The number of rotatable bonds is 15. The van der Waals surface area contributed by atoms with Gasteiger partial charge in [0.15, 0.2) is 11.2 Å². The van der Waals surface area contributed by atoms with Crippen LogP contribution in [0.5, 0.6) is 0 Å². The van der Waals surface area contributed by atoms with Crippen molar-refractivity contribution in [2.45, 2.75) is 39.7 Å². The monoisotopic (exact) mass is 464 g/mol. The minimum Gasteiger partial charge on any atom is -0.489 e. The van der Waals surface area contributed by atoms with Crippen molar-refractivity contribution in [1.82, 2.24) is 0 Å². The number of ether oxygens (including phenoxy) is 2. The molecule has 1 rings (SSSR count). The fourth-order valence-electron chi connectivity index (χ4n) is 3.25. The van der Waals surface area contributed by atoms with Crippen LogP contribution < -0.4 is 5.43 Å². The van der Waals surface area contributed by atoms with Crippen LogP contribution in [0.3, 0.4) is 0 Å². The molecule has 0 spiro atoms. The SMILES string of the molecule is C=C/C=C\C(=C)c1oc(/C(C(=O)/C=C\C(C)CC(CC)OC)=C(\C=C)OCC=C)cc(=O)c1C. The van der Waals surface area contributed by atoms with Gasteiger partial charge in [0.2, 0.25) is 0 Å². The average molecular weight is 465 g/mol. The van der Waals surface area contributed by atoms with Crippen LogP contribution in [-0.2, 0) is 14.3 Å². The van der Waals surface area contributed by atoms with Crippen LogP contribution in [0.2, 0.25) is 0 Å². The van der Waals surface area contributed by atoms with Crippen LogP contribution in [-0.4, -0.2) is 25.6 Å². The van der Waals surface area contributed by atoms with Crippen molar-refractivity contribution in [2.24, 2.45) is 5.92 Å². The molecular formula is C29H36O5. The quantitative estimate of drug-likeness (QED) is 0.130. The van der Waals surface area contributed by atoms with Gasteiger partial charge in [-0.2, -0.15) is 0 Å². The molecule has 0 radical (unpaired) electrons. The summed E-state index contributed by atoms with van der Waals surface area (Å²) in [5.41, 5.74) is 0.670. The van der Waals surface area contributed by atoms with Gasteiger partial charge in [-0.1, -0.05) is 70.5 Å². The van der Waals surface area contributed by atoms with E-state index in [0.29, 0.717) is 11.1 Å². The van der Waals surface area contributed by atoms with E-state index in [9.17, 15) is 9.59 Å². The third-order valence-corrected chi connectivity index (χ3v) is 5.19. The first kappa shape index (κ1) is 28.6. The standard InChI is InChI=1S/C29H36O5/c1-9-13-14-21(6)29-22(7)25(31)19-27(34-29)28(26(12-4)33-17-10-2)24(30)16-15-20(5)18-23(11-3)32-8/h9-10,12-16,19-20,23H,1-2,4,6,11,17-18H2,3,5,7-8H3/b14-13-,16-15-,28-26+. The molecule has 0 aliphatic carbocycles. The lowest BCUT2D eigenvalue weighted by Gasteiger charge is -2.16. The second-order valence-corrected chi connectivity index (χ2v) is 7.79. The summed E-state index contributed by atoms with van der Waals surface area (Å²) in [6, 6.07) is 1.28. The lowest BCUT2D eigenvalue weighted by atomic mass is 9.98. The maximum Gasteiger partial charge on any atom is 0.193 e. The van der Waals surface area contributed by atoms with E-state index < -0.39 is 0 Å². The Hall–Kier alpha value is -3.44. The van der Waals surface area contributed by atoms with E-state index >= 15 is 0 Å². The highest BCUT2D eigenvalue weighted by Gasteiger charge is 2.22. The summed E-state index contributed by atoms with van der Waals surface area (Å²) in [6.07, 6.45) is 13.0. The van der Waals surface area contributed by atoms with Gasteiger partial charge < -0.3 is 13.9 Å². The molecule has 0 N–H and O–H groups in total. The predicted molar refractivity (Wildman–Crippen MR) is 140 cm³/mol. The molecule has 5 heteroatoms. The first-order valence-corrected chi connectivity index (χ1v) is 11.2. The van der Waals surface area contributed by atoms with Crippen molar-refractivity contribution in [2.75, 3.05) is 13.7 Å². The molecule has 0 aromatic carbocycles. The van der Waals surface area contributed by atoms with Crippen molar-refractivity contribution in [3.8, 4) is 0 Å². The Morgan fingerprint density at radius 3 is 2.50 bits per heavy atom. The van der Waals surface area contributed by atoms with Crippen LogP contribution in [0.1, 0.15) is 43.8 Å². The van der Waals surface area contributed by atoms with Crippen LogP contribution in [0.25, 0.3) is 11.1 Å². The molecule has 1 heterocycles. The third-order valence-electron chi connectivity index (χ3n) is 5.19. The Morgan fingerprint density at radius 1 is 1.24 bits per heavy atom. The molecule has 0 saturated heterocycles. The van der Waals surface area contributed by atoms with Crippen LogP contribution in [0.15, 0.2) is 89.9 Å². The van der Waals surface area contributed by atoms with Gasteiger partial charge in [-0.05, 0) is 37.8 Å². The largest absolute Gasteiger partial charge is 0.489 e. The fourth-order valence-corrected chi connectivity index (χ4v) is 3.25. The zero-order valence-corrected chi connectivity index (χ0v) is 20.8. The Bertz CT molecular complexity index is 1040. The minimum atomic E-state index is -0.374. The molecule has 0 saturated carbocycles. The molecular weight excluding hydrogens is 428 g/mol. The number of carbonyl (C=O) groups excluding carboxylic acids is 1. The van der Waals surface area contributed by atoms with Gasteiger partial charge in [0.25, 0.3) is 0 Å². The highest BCUT2D eigenvalue weighted by molar-refractivity contribution is 6.26. The normalized spacial score (nSPS) is 13.9. The topological polar surface area (TPSA) is 65.7 Å². The predicted octanol–water partition coefficient (Wildman–Crippen LogP) is 6.38. The third kappa shape index (κ3) is 8.16. The van der Waals surface area contributed by atoms with Gasteiger partial charge in [0.05, 0.1) is 6.10 Å². The second-order valence-electron chi connectivity index (χ2n) is 7.79. The van der Waals surface area contributed by atoms with Crippen molar-refractivity contribution in [3.05, 3.63) is 108 Å². The number of hydrogen-bond acceptors (Lipinski definition) is 5. The maximum absolute atomic E-state index is 13.3. The Balaban J connectivity index is 3.58. The summed E-state index contributed by atoms with van der Waals surface area (Å²) in [5.74, 6) is 0.266. The number of methoxy groups -OCH3 is 1. The Labute approximate surface area is 203 Å². The van der Waals surface area contributed by atoms with Crippen molar-refractivity contribution < 1.29 is 18.7 Å². The summed E-state index contributed by atoms with van der Waals surface area (Å²) in [4.78, 5) is 26.1. The van der Waals surface area contributed by atoms with E-state index in [0.717, 1.165) is 12.8 Å². The zero-order valence-electron chi connectivity index (χ0n) is 20.8. The van der Waals surface area contributed by atoms with Crippen LogP contribution in [0, 0.1) is 12.8 Å². The maximum atomic E-state index is 13.3. The van der Waals surface area contributed by atoms with Gasteiger partial charge in [-0.3, -0.25) is 9.59 Å². The first-order chi connectivity index (χ1) is 16.2. The summed E-state index contributed by atoms with van der Waals surface area (Å²) >= 11 is 0. The summed E-state index contributed by atoms with van der Waals surface area (Å²) in [7, 11) is 1.68. The number of hydrogen-bond donors (Lipinski definition) is 0. The van der Waals surface area contributed by atoms with Gasteiger partial charge in [-0.15, -0.1) is 0 Å². The highest BCUT2D eigenvalue weighted by atomic mass is 16.5. The fraction of sp³-hybridized carbons (Fsp3) is 0.310. The van der Waals surface area contributed by atoms with Crippen LogP contribution in [0.4, 0.5) is 0 Å². The van der Waals surface area contributed by atoms with Crippen molar-refractivity contribution in [1.29, 1.82) is 0 Å². The zero-order chi connectivity index (χ0) is 25.7. The van der Waals surface area contributed by atoms with Crippen molar-refractivity contribution >= 4 is 16.9 Å². The molecule has 2 atom stereocenters. The minimum absolute atomic E-state index is 0.0725. The van der Waals surface area contributed by atoms with E-state index in [4.69, 9.17) is 13.9 Å². The lowest BCUT2D eigenvalue weighted by Crippen LogP contribution is -2.13. The molecule has 34 heavy (non-hydrogen) atoms.